The van der Waals surface area contributed by atoms with Crippen molar-refractivity contribution in [1.29, 1.82) is 5.41 Å². The smallest absolute Gasteiger partial charge is 0.377 e. The fourth-order valence-corrected chi connectivity index (χ4v) is 2.35. The van der Waals surface area contributed by atoms with Gasteiger partial charge in [0, 0.05) is 0 Å². The average molecular weight is 344 g/mol. The van der Waals surface area contributed by atoms with Gasteiger partial charge >= 0.3 is 11.9 Å². The maximum Gasteiger partial charge on any atom is 0.377 e. The molecule has 0 unspecified atom stereocenters. The van der Waals surface area contributed by atoms with Crippen LogP contribution in [0.5, 0.6) is 0 Å². The Balaban J connectivity index is 3.28. The molecule has 0 radical (unpaired) electrons. The van der Waals surface area contributed by atoms with Crippen LogP contribution in [0.4, 0.5) is 0 Å². The third-order valence-electron chi connectivity index (χ3n) is 3.62. The van der Waals surface area contributed by atoms with E-state index in [2.05, 4.69) is 4.84 Å². The molecule has 1 aliphatic carbocycles. The zero-order valence-corrected chi connectivity index (χ0v) is 13.9. The lowest BCUT2D eigenvalue weighted by Gasteiger charge is -2.42. The van der Waals surface area contributed by atoms with Gasteiger partial charge in [-0.25, -0.2) is 9.59 Å². The summed E-state index contributed by atoms with van der Waals surface area (Å²) in [4.78, 5) is 28.8. The minimum absolute atomic E-state index is 0.00327. The van der Waals surface area contributed by atoms with Gasteiger partial charge in [-0.05, 0) is 33.1 Å². The molecule has 0 aromatic carbocycles. The lowest BCUT2D eigenvalue weighted by atomic mass is 9.73. The van der Waals surface area contributed by atoms with Crippen LogP contribution in [0.3, 0.4) is 0 Å². The summed E-state index contributed by atoms with van der Waals surface area (Å²) in [7, 11) is 0. The molecule has 0 aromatic heterocycles. The topological polar surface area (TPSA) is 141 Å². The Hall–Kier alpha value is -1.97. The number of nitrogens with one attached hydrogen (secondary N) is 1. The molecule has 9 nitrogen and oxygen atoms in total. The molecule has 1 fully saturated rings. The maximum atomic E-state index is 12.3. The Morgan fingerprint density at radius 1 is 1.17 bits per heavy atom. The molecule has 136 valence electrons. The van der Waals surface area contributed by atoms with Gasteiger partial charge in [-0.3, -0.25) is 0 Å². The fraction of sp³-hybridized carbons (Fsp3) is 0.667. The first-order chi connectivity index (χ1) is 11.5. The summed E-state index contributed by atoms with van der Waals surface area (Å²) in [5.41, 5.74) is -1.77. The monoisotopic (exact) mass is 344 g/mol. The summed E-state index contributed by atoms with van der Waals surface area (Å²) in [6.45, 7) is 3.03. The van der Waals surface area contributed by atoms with Crippen LogP contribution in [-0.2, 0) is 28.6 Å². The first-order valence-electron chi connectivity index (χ1n) is 7.76. The van der Waals surface area contributed by atoms with E-state index in [-0.39, 0.29) is 32.1 Å². The Bertz CT molecular complexity index is 512. The predicted octanol–water partition coefficient (Wildman–Crippen LogP) is 0.208. The van der Waals surface area contributed by atoms with E-state index in [0.29, 0.717) is 12.8 Å². The van der Waals surface area contributed by atoms with Gasteiger partial charge < -0.3 is 29.6 Å². The van der Waals surface area contributed by atoms with Gasteiger partial charge in [-0.2, -0.15) is 5.90 Å². The Labute approximate surface area is 140 Å². The van der Waals surface area contributed by atoms with Crippen LogP contribution in [-0.4, -0.2) is 54.8 Å². The molecule has 0 saturated heterocycles. The van der Waals surface area contributed by atoms with E-state index < -0.39 is 28.9 Å². The fourth-order valence-electron chi connectivity index (χ4n) is 2.35. The van der Waals surface area contributed by atoms with Gasteiger partial charge in [0.1, 0.15) is 11.2 Å². The summed E-state index contributed by atoms with van der Waals surface area (Å²) < 4.78 is 15.3. The lowest BCUT2D eigenvalue weighted by molar-refractivity contribution is -0.145. The maximum absolute atomic E-state index is 12.3. The molecule has 0 aliphatic heterocycles. The van der Waals surface area contributed by atoms with Crippen molar-refractivity contribution in [2.24, 2.45) is 5.90 Å². The van der Waals surface area contributed by atoms with Crippen molar-refractivity contribution in [1.82, 2.24) is 0 Å². The molecule has 1 rings (SSSR count). The quantitative estimate of drug-likeness (QED) is 0.168. The van der Waals surface area contributed by atoms with Crippen molar-refractivity contribution >= 4 is 17.7 Å². The Morgan fingerprint density at radius 3 is 2.17 bits per heavy atom. The van der Waals surface area contributed by atoms with Gasteiger partial charge in [-0.15, -0.1) is 0 Å². The van der Waals surface area contributed by atoms with Gasteiger partial charge in [0.05, 0.1) is 32.1 Å². The second kappa shape index (κ2) is 9.36. The van der Waals surface area contributed by atoms with Gasteiger partial charge in [0.2, 0.25) is 5.76 Å². The number of rotatable bonds is 10. The lowest BCUT2D eigenvalue weighted by Crippen LogP contribution is -2.50. The second-order valence-corrected chi connectivity index (χ2v) is 5.06. The third kappa shape index (κ3) is 4.31. The summed E-state index contributed by atoms with van der Waals surface area (Å²) in [5, 5.41) is 17.3. The standard InChI is InChI=1S/C15H24N2O7/c1-3-21-13(19)10(11(24-17)14(20)22-4-2)12(16)15(6-5-7-15)23-9-8-18/h16,18H,3-9,17H2,1-2H3. The SMILES string of the molecule is CCOC(=O)C(ON)=C(C(=N)C1(OCCO)CCC1)C(=O)OCC. The number of hydrogen-bond donors (Lipinski definition) is 3. The molecule has 4 N–H and O–H groups in total. The van der Waals surface area contributed by atoms with Crippen LogP contribution in [0.1, 0.15) is 33.1 Å². The molecular weight excluding hydrogens is 320 g/mol. The van der Waals surface area contributed by atoms with Crippen LogP contribution in [0.2, 0.25) is 0 Å². The minimum Gasteiger partial charge on any atom is -0.462 e. The largest absolute Gasteiger partial charge is 0.462 e. The van der Waals surface area contributed by atoms with E-state index in [1.807, 2.05) is 0 Å². The molecule has 9 heteroatoms. The highest BCUT2D eigenvalue weighted by atomic mass is 16.6. The first kappa shape index (κ1) is 20.1. The number of ether oxygens (including phenoxy) is 3. The summed E-state index contributed by atoms with van der Waals surface area (Å²) in [6.07, 6.45) is 1.72. The van der Waals surface area contributed by atoms with Crippen molar-refractivity contribution in [2.45, 2.75) is 38.7 Å². The zero-order valence-electron chi connectivity index (χ0n) is 13.9. The van der Waals surface area contributed by atoms with Crippen molar-refractivity contribution in [3.05, 3.63) is 11.3 Å². The van der Waals surface area contributed by atoms with E-state index in [4.69, 9.17) is 30.6 Å². The summed E-state index contributed by atoms with van der Waals surface area (Å²) in [6, 6.07) is 0. The number of carbonyl (C=O) groups excluding carboxylic acids is 2. The molecular formula is C15H24N2O7. The molecule has 0 spiro atoms. The van der Waals surface area contributed by atoms with Crippen molar-refractivity contribution in [3.8, 4) is 0 Å². The molecule has 0 heterocycles. The third-order valence-corrected chi connectivity index (χ3v) is 3.62. The number of hydrogen-bond acceptors (Lipinski definition) is 9. The Morgan fingerprint density at radius 2 is 1.75 bits per heavy atom. The highest BCUT2D eigenvalue weighted by Crippen LogP contribution is 2.39. The Kier molecular flexibility index (Phi) is 7.83. The summed E-state index contributed by atoms with van der Waals surface area (Å²) in [5.74, 6) is 2.65. The van der Waals surface area contributed by atoms with Crippen LogP contribution in [0.25, 0.3) is 0 Å². The number of carbonyl (C=O) groups is 2. The number of aliphatic hydroxyl groups excluding tert-OH is 1. The highest BCUT2D eigenvalue weighted by molar-refractivity contribution is 6.25. The summed E-state index contributed by atoms with van der Waals surface area (Å²) >= 11 is 0. The molecule has 0 atom stereocenters. The second-order valence-electron chi connectivity index (χ2n) is 5.06. The molecule has 0 bridgehead atoms. The number of nitrogens with two attached hydrogens (primary N) is 1. The van der Waals surface area contributed by atoms with Gasteiger partial charge in [-0.1, -0.05) is 0 Å². The van der Waals surface area contributed by atoms with Crippen LogP contribution in [0.15, 0.2) is 11.3 Å². The van der Waals surface area contributed by atoms with Gasteiger partial charge in [0.25, 0.3) is 0 Å². The normalized spacial score (nSPS) is 16.5. The minimum atomic E-state index is -1.08. The molecule has 24 heavy (non-hydrogen) atoms. The van der Waals surface area contributed by atoms with Crippen LogP contribution < -0.4 is 5.90 Å². The van der Waals surface area contributed by atoms with E-state index in [9.17, 15) is 9.59 Å². The van der Waals surface area contributed by atoms with Crippen molar-refractivity contribution in [2.75, 3.05) is 26.4 Å². The van der Waals surface area contributed by atoms with Crippen LogP contribution >= 0.6 is 0 Å². The van der Waals surface area contributed by atoms with Crippen LogP contribution in [0, 0.1) is 5.41 Å². The average Bonchev–Trinajstić information content (AvgIpc) is 2.51. The van der Waals surface area contributed by atoms with Crippen molar-refractivity contribution in [3.63, 3.8) is 0 Å². The van der Waals surface area contributed by atoms with Crippen molar-refractivity contribution < 1.29 is 33.7 Å². The van der Waals surface area contributed by atoms with E-state index in [1.54, 1.807) is 13.8 Å². The number of aliphatic hydroxyl groups is 1. The molecule has 0 amide bonds. The van der Waals surface area contributed by atoms with E-state index in [0.717, 1.165) is 6.42 Å². The highest BCUT2D eigenvalue weighted by Gasteiger charge is 2.47. The molecule has 1 saturated carbocycles. The first-order valence-corrected chi connectivity index (χ1v) is 7.76. The zero-order chi connectivity index (χ0) is 18.2. The van der Waals surface area contributed by atoms with E-state index in [1.165, 1.54) is 0 Å². The van der Waals surface area contributed by atoms with Gasteiger partial charge in [0.15, 0.2) is 0 Å². The molecule has 1 aliphatic rings. The number of esters is 2. The molecule has 0 aromatic rings. The van der Waals surface area contributed by atoms with E-state index >= 15 is 0 Å². The predicted molar refractivity (Wildman–Crippen MR) is 82.9 cm³/mol.